The van der Waals surface area contributed by atoms with Gasteiger partial charge >= 0.3 is 5.97 Å². The number of hydrogen-bond donors (Lipinski definition) is 0. The van der Waals surface area contributed by atoms with Crippen LogP contribution >= 0.6 is 0 Å². The largest absolute Gasteiger partial charge is 0.461 e. The van der Waals surface area contributed by atoms with Crippen molar-refractivity contribution in [2.24, 2.45) is 13.0 Å². The molecule has 0 aliphatic carbocycles. The number of nitrogens with zero attached hydrogens (tertiary/aromatic N) is 5. The van der Waals surface area contributed by atoms with Crippen molar-refractivity contribution in [2.75, 3.05) is 6.61 Å². The Labute approximate surface area is 117 Å². The minimum absolute atomic E-state index is 0.273. The zero-order valence-electron chi connectivity index (χ0n) is 12.2. The van der Waals surface area contributed by atoms with E-state index in [1.165, 1.54) is 0 Å². The van der Waals surface area contributed by atoms with E-state index in [1.54, 1.807) is 15.6 Å². The zero-order valence-corrected chi connectivity index (χ0v) is 12.2. The highest BCUT2D eigenvalue weighted by Crippen LogP contribution is 2.09. The van der Waals surface area contributed by atoms with Crippen molar-refractivity contribution in [3.05, 3.63) is 29.3 Å². The van der Waals surface area contributed by atoms with Gasteiger partial charge in [-0.25, -0.2) is 9.48 Å². The number of aryl methyl sites for hydroxylation is 1. The van der Waals surface area contributed by atoms with Crippen molar-refractivity contribution in [1.82, 2.24) is 24.8 Å². The second kappa shape index (κ2) is 5.85. The molecule has 0 N–H and O–H groups in total. The molecule has 2 rings (SSSR count). The smallest absolute Gasteiger partial charge is 0.360 e. The zero-order chi connectivity index (χ0) is 14.7. The third kappa shape index (κ3) is 3.23. The Bertz CT molecular complexity index is 600. The van der Waals surface area contributed by atoms with E-state index in [2.05, 4.69) is 15.4 Å². The number of carbonyl (C=O) groups excluding carboxylic acids is 1. The van der Waals surface area contributed by atoms with Crippen molar-refractivity contribution in [1.29, 1.82) is 0 Å². The van der Waals surface area contributed by atoms with Crippen LogP contribution in [0.15, 0.2) is 12.4 Å². The molecule has 0 radical (unpaired) electrons. The van der Waals surface area contributed by atoms with E-state index >= 15 is 0 Å². The van der Waals surface area contributed by atoms with Gasteiger partial charge in [-0.15, -0.1) is 5.10 Å². The lowest BCUT2D eigenvalue weighted by atomic mass is 10.2. The number of carbonyl (C=O) groups is 1. The molecule has 2 aromatic rings. The third-order valence-electron chi connectivity index (χ3n) is 2.81. The molecule has 0 aliphatic heterocycles. The first kappa shape index (κ1) is 14.2. The van der Waals surface area contributed by atoms with Crippen molar-refractivity contribution in [2.45, 2.75) is 27.3 Å². The molecule has 20 heavy (non-hydrogen) atoms. The molecule has 7 heteroatoms. The minimum Gasteiger partial charge on any atom is -0.461 e. The Kier molecular flexibility index (Phi) is 4.16. The summed E-state index contributed by atoms with van der Waals surface area (Å²) >= 11 is 0. The van der Waals surface area contributed by atoms with Crippen LogP contribution in [0.4, 0.5) is 0 Å². The second-order valence-electron chi connectivity index (χ2n) is 5.20. The van der Waals surface area contributed by atoms with E-state index in [0.29, 0.717) is 24.8 Å². The summed E-state index contributed by atoms with van der Waals surface area (Å²) in [5, 5.41) is 12.0. The lowest BCUT2D eigenvalue weighted by Crippen LogP contribution is -2.12. The number of hydrogen-bond acceptors (Lipinski definition) is 5. The summed E-state index contributed by atoms with van der Waals surface area (Å²) in [6.45, 7) is 6.69. The Morgan fingerprint density at radius 1 is 1.45 bits per heavy atom. The van der Waals surface area contributed by atoms with Gasteiger partial charge in [-0.2, -0.15) is 5.10 Å². The summed E-state index contributed by atoms with van der Waals surface area (Å²) in [4.78, 5) is 11.9. The quantitative estimate of drug-likeness (QED) is 0.767. The molecule has 0 atom stereocenters. The fourth-order valence-corrected chi connectivity index (χ4v) is 1.74. The molecule has 0 spiro atoms. The normalized spacial score (nSPS) is 11.1. The van der Waals surface area contributed by atoms with Crippen molar-refractivity contribution in [3.63, 3.8) is 0 Å². The van der Waals surface area contributed by atoms with Crippen LogP contribution in [-0.4, -0.2) is 37.4 Å². The van der Waals surface area contributed by atoms with Gasteiger partial charge in [0, 0.05) is 18.8 Å². The molecule has 7 nitrogen and oxygen atoms in total. The van der Waals surface area contributed by atoms with Crippen LogP contribution in [0.25, 0.3) is 0 Å². The van der Waals surface area contributed by atoms with Crippen LogP contribution in [0.2, 0.25) is 0 Å². The molecule has 0 amide bonds. The fourth-order valence-electron chi connectivity index (χ4n) is 1.74. The monoisotopic (exact) mass is 277 g/mol. The van der Waals surface area contributed by atoms with E-state index in [-0.39, 0.29) is 5.69 Å². The highest BCUT2D eigenvalue weighted by atomic mass is 16.5. The van der Waals surface area contributed by atoms with Crippen molar-refractivity contribution < 1.29 is 9.53 Å². The minimum atomic E-state index is -0.423. The summed E-state index contributed by atoms with van der Waals surface area (Å²) < 4.78 is 8.56. The van der Waals surface area contributed by atoms with Gasteiger partial charge in [0.2, 0.25) is 0 Å². The molecule has 0 fully saturated rings. The predicted octanol–water partition coefficient (Wildman–Crippen LogP) is 1.18. The van der Waals surface area contributed by atoms with Gasteiger partial charge in [-0.1, -0.05) is 19.1 Å². The highest BCUT2D eigenvalue weighted by molar-refractivity contribution is 5.88. The maximum absolute atomic E-state index is 11.9. The topological polar surface area (TPSA) is 74.8 Å². The van der Waals surface area contributed by atoms with Crippen molar-refractivity contribution >= 4 is 5.97 Å². The first-order valence-electron chi connectivity index (χ1n) is 6.52. The Hall–Kier alpha value is -2.18. The predicted molar refractivity (Wildman–Crippen MR) is 72.2 cm³/mol. The molecule has 108 valence electrons. The van der Waals surface area contributed by atoms with Gasteiger partial charge < -0.3 is 4.74 Å². The first-order valence-corrected chi connectivity index (χ1v) is 6.52. The Morgan fingerprint density at radius 3 is 2.80 bits per heavy atom. The molecular formula is C13H19N5O2. The van der Waals surface area contributed by atoms with Gasteiger partial charge in [0.1, 0.15) is 0 Å². The van der Waals surface area contributed by atoms with E-state index in [0.717, 1.165) is 5.56 Å². The van der Waals surface area contributed by atoms with E-state index in [4.69, 9.17) is 4.74 Å². The van der Waals surface area contributed by atoms with Crippen molar-refractivity contribution in [3.8, 4) is 0 Å². The lowest BCUT2D eigenvalue weighted by Gasteiger charge is -2.06. The first-order chi connectivity index (χ1) is 9.47. The highest BCUT2D eigenvalue weighted by Gasteiger charge is 2.18. The molecule has 2 aromatic heterocycles. The molecule has 0 aromatic carbocycles. The van der Waals surface area contributed by atoms with E-state index in [1.807, 2.05) is 34.0 Å². The molecule has 0 unspecified atom stereocenters. The van der Waals surface area contributed by atoms with Crippen LogP contribution in [0.5, 0.6) is 0 Å². The molecular weight excluding hydrogens is 258 g/mol. The van der Waals surface area contributed by atoms with Gasteiger partial charge in [-0.05, 0) is 12.8 Å². The fraction of sp³-hybridized carbons (Fsp3) is 0.538. The number of ether oxygens (including phenoxy) is 1. The molecule has 0 saturated heterocycles. The Balaban J connectivity index is 2.08. The number of esters is 1. The summed E-state index contributed by atoms with van der Waals surface area (Å²) in [7, 11) is 1.85. The molecule has 0 bridgehead atoms. The van der Waals surface area contributed by atoms with Gasteiger partial charge in [0.15, 0.2) is 5.69 Å². The summed E-state index contributed by atoms with van der Waals surface area (Å²) in [6, 6.07) is 0. The second-order valence-corrected chi connectivity index (χ2v) is 5.20. The molecule has 2 heterocycles. The van der Waals surface area contributed by atoms with E-state index in [9.17, 15) is 4.79 Å². The molecule has 0 aliphatic rings. The van der Waals surface area contributed by atoms with Crippen LogP contribution in [0.1, 0.15) is 35.6 Å². The van der Waals surface area contributed by atoms with Gasteiger partial charge in [0.25, 0.3) is 0 Å². The van der Waals surface area contributed by atoms with Crippen LogP contribution in [0, 0.1) is 12.8 Å². The average molecular weight is 277 g/mol. The van der Waals surface area contributed by atoms with Crippen LogP contribution in [-0.2, 0) is 18.3 Å². The summed E-state index contributed by atoms with van der Waals surface area (Å²) in [5.41, 5.74) is 1.97. The van der Waals surface area contributed by atoms with Crippen LogP contribution in [0.3, 0.4) is 0 Å². The van der Waals surface area contributed by atoms with E-state index < -0.39 is 5.97 Å². The summed E-state index contributed by atoms with van der Waals surface area (Å²) in [5.74, 6) is -0.127. The van der Waals surface area contributed by atoms with Gasteiger partial charge in [-0.3, -0.25) is 4.68 Å². The Morgan fingerprint density at radius 2 is 2.20 bits per heavy atom. The third-order valence-corrected chi connectivity index (χ3v) is 2.81. The average Bonchev–Trinajstić information content (AvgIpc) is 2.95. The maximum Gasteiger partial charge on any atom is 0.360 e. The standard InChI is InChI=1S/C13H19N5O2/c1-9(2)8-20-13(19)12-10(3)18(16-15-12)7-11-5-14-17(4)6-11/h5-6,9H,7-8H2,1-4H3. The number of aromatic nitrogens is 5. The molecule has 0 saturated carbocycles. The number of rotatable bonds is 5. The SMILES string of the molecule is Cc1c(C(=O)OCC(C)C)nnn1Cc1cnn(C)c1. The maximum atomic E-state index is 11.9. The summed E-state index contributed by atoms with van der Waals surface area (Å²) in [6.07, 6.45) is 3.66. The van der Waals surface area contributed by atoms with Gasteiger partial charge in [0.05, 0.1) is 25.0 Å². The van der Waals surface area contributed by atoms with Crippen LogP contribution < -0.4 is 0 Å². The lowest BCUT2D eigenvalue weighted by molar-refractivity contribution is 0.0451.